The fourth-order valence-electron chi connectivity index (χ4n) is 2.84. The fourth-order valence-corrected chi connectivity index (χ4v) is 4.22. The van der Waals surface area contributed by atoms with Crippen LogP contribution in [0.15, 0.2) is 24.3 Å². The molecule has 0 spiro atoms. The summed E-state index contributed by atoms with van der Waals surface area (Å²) in [6.45, 7) is 9.99. The molecule has 30 heavy (non-hydrogen) atoms. The Labute approximate surface area is 187 Å². The maximum Gasteiger partial charge on any atom is 0.348 e. The van der Waals surface area contributed by atoms with Crippen molar-refractivity contribution in [2.45, 2.75) is 47.0 Å². The summed E-state index contributed by atoms with van der Waals surface area (Å²) in [5, 5.41) is 6.91. The van der Waals surface area contributed by atoms with Crippen LogP contribution < -0.4 is 10.6 Å². The first kappa shape index (κ1) is 23.8. The van der Waals surface area contributed by atoms with E-state index in [9.17, 15) is 9.59 Å². The Balaban J connectivity index is 2.23. The molecule has 0 bridgehead atoms. The number of ether oxygens (including phenoxy) is 2. The van der Waals surface area contributed by atoms with E-state index >= 15 is 0 Å². The zero-order valence-corrected chi connectivity index (χ0v) is 19.6. The maximum atomic E-state index is 12.5. The molecule has 0 saturated carbocycles. The molecule has 2 rings (SSSR count). The number of carbonyl (C=O) groups excluding carboxylic acids is 2. The average Bonchev–Trinajstić information content (AvgIpc) is 3.04. The number of esters is 2. The van der Waals surface area contributed by atoms with Gasteiger partial charge in [0.25, 0.3) is 0 Å². The van der Waals surface area contributed by atoms with Crippen molar-refractivity contribution in [2.24, 2.45) is 0 Å². The summed E-state index contributed by atoms with van der Waals surface area (Å²) >= 11 is 6.54. The maximum absolute atomic E-state index is 12.5. The van der Waals surface area contributed by atoms with Crippen LogP contribution in [0.3, 0.4) is 0 Å². The molecule has 0 radical (unpaired) electrons. The second-order valence-electron chi connectivity index (χ2n) is 6.71. The lowest BCUT2D eigenvalue weighted by Crippen LogP contribution is -2.20. The topological polar surface area (TPSA) is 76.7 Å². The molecule has 2 aromatic rings. The van der Waals surface area contributed by atoms with Gasteiger partial charge in [0.1, 0.15) is 9.88 Å². The van der Waals surface area contributed by atoms with Gasteiger partial charge >= 0.3 is 11.9 Å². The number of thiocarbonyl (C=S) groups is 1. The monoisotopic (exact) mass is 448 g/mol. The van der Waals surface area contributed by atoms with Gasteiger partial charge in [0.05, 0.1) is 18.8 Å². The van der Waals surface area contributed by atoms with E-state index in [-0.39, 0.29) is 13.2 Å². The third-order valence-electron chi connectivity index (χ3n) is 4.66. The van der Waals surface area contributed by atoms with E-state index in [0.29, 0.717) is 32.0 Å². The van der Waals surface area contributed by atoms with Crippen LogP contribution >= 0.6 is 23.6 Å². The Morgan fingerprint density at radius 3 is 2.20 bits per heavy atom. The molecule has 0 aliphatic rings. The smallest absolute Gasteiger partial charge is 0.348 e. The Morgan fingerprint density at radius 2 is 1.63 bits per heavy atom. The number of hydrogen-bond donors (Lipinski definition) is 2. The molecule has 8 heteroatoms. The Bertz CT molecular complexity index is 907. The standard InChI is InChI=1S/C22H28N2O4S2/c1-6-13(4)15-9-11-16(12-10-15)23-22(29)24-19-17(20(25)27-7-2)14(5)18(30-19)21(26)28-8-3/h9-13H,6-8H2,1-5H3,(H2,23,24,29). The first-order valence-corrected chi connectivity index (χ1v) is 11.2. The van der Waals surface area contributed by atoms with E-state index in [1.54, 1.807) is 20.8 Å². The van der Waals surface area contributed by atoms with Gasteiger partial charge in [-0.1, -0.05) is 26.0 Å². The highest BCUT2D eigenvalue weighted by Crippen LogP contribution is 2.34. The van der Waals surface area contributed by atoms with Crippen molar-refractivity contribution in [1.82, 2.24) is 0 Å². The third kappa shape index (κ3) is 5.79. The fraction of sp³-hybridized carbons (Fsp3) is 0.409. The number of benzene rings is 1. The van der Waals surface area contributed by atoms with E-state index in [0.717, 1.165) is 23.4 Å². The molecule has 0 amide bonds. The van der Waals surface area contributed by atoms with Gasteiger partial charge in [-0.25, -0.2) is 9.59 Å². The van der Waals surface area contributed by atoms with Crippen LogP contribution in [-0.2, 0) is 9.47 Å². The first-order valence-electron chi connectivity index (χ1n) is 9.97. The highest BCUT2D eigenvalue weighted by Gasteiger charge is 2.26. The van der Waals surface area contributed by atoms with Crippen LogP contribution in [0.4, 0.5) is 10.7 Å². The number of rotatable bonds is 8. The minimum atomic E-state index is -0.509. The highest BCUT2D eigenvalue weighted by atomic mass is 32.1. The quantitative estimate of drug-likeness (QED) is 0.394. The zero-order chi connectivity index (χ0) is 22.3. The lowest BCUT2D eigenvalue weighted by Gasteiger charge is -2.13. The van der Waals surface area contributed by atoms with Crippen LogP contribution in [-0.4, -0.2) is 30.3 Å². The second kappa shape index (κ2) is 11.1. The van der Waals surface area contributed by atoms with E-state index < -0.39 is 11.9 Å². The molecule has 1 heterocycles. The van der Waals surface area contributed by atoms with Gasteiger partial charge in [0, 0.05) is 5.69 Å². The number of hydrogen-bond acceptors (Lipinski definition) is 6. The Hall–Kier alpha value is -2.45. The number of carbonyl (C=O) groups is 2. The SMILES string of the molecule is CCOC(=O)c1sc(NC(=S)Nc2ccc(C(C)CC)cc2)c(C(=O)OCC)c1C. The minimum Gasteiger partial charge on any atom is -0.462 e. The summed E-state index contributed by atoms with van der Waals surface area (Å²) in [5.74, 6) is -0.491. The van der Waals surface area contributed by atoms with Crippen molar-refractivity contribution >= 4 is 51.3 Å². The van der Waals surface area contributed by atoms with E-state index in [4.69, 9.17) is 21.7 Å². The lowest BCUT2D eigenvalue weighted by molar-refractivity contribution is 0.0527. The van der Waals surface area contributed by atoms with Gasteiger partial charge in [-0.15, -0.1) is 11.3 Å². The van der Waals surface area contributed by atoms with Crippen molar-refractivity contribution in [3.8, 4) is 0 Å². The number of nitrogens with one attached hydrogen (secondary N) is 2. The molecule has 162 valence electrons. The molecule has 0 aliphatic heterocycles. The van der Waals surface area contributed by atoms with Crippen molar-refractivity contribution in [2.75, 3.05) is 23.8 Å². The Morgan fingerprint density at radius 1 is 1.03 bits per heavy atom. The van der Waals surface area contributed by atoms with Crippen LogP contribution in [0.2, 0.25) is 0 Å². The molecule has 1 atom stereocenters. The molecule has 1 aromatic heterocycles. The van der Waals surface area contributed by atoms with Crippen LogP contribution in [0.5, 0.6) is 0 Å². The van der Waals surface area contributed by atoms with Gasteiger partial charge in [-0.05, 0) is 68.6 Å². The summed E-state index contributed by atoms with van der Waals surface area (Å²) in [7, 11) is 0. The predicted molar refractivity (Wildman–Crippen MR) is 126 cm³/mol. The molecule has 1 unspecified atom stereocenters. The molecule has 2 N–H and O–H groups in total. The third-order valence-corrected chi connectivity index (χ3v) is 6.06. The number of anilines is 2. The molecular formula is C22H28N2O4S2. The normalized spacial score (nSPS) is 11.5. The molecular weight excluding hydrogens is 420 g/mol. The van der Waals surface area contributed by atoms with Crippen LogP contribution in [0.1, 0.15) is 71.2 Å². The molecule has 0 aliphatic carbocycles. The molecule has 0 saturated heterocycles. The molecule has 1 aromatic carbocycles. The van der Waals surface area contributed by atoms with Crippen molar-refractivity contribution in [3.63, 3.8) is 0 Å². The van der Waals surface area contributed by atoms with Gasteiger partial charge in [-0.2, -0.15) is 0 Å². The van der Waals surface area contributed by atoms with Gasteiger partial charge in [0.15, 0.2) is 5.11 Å². The summed E-state index contributed by atoms with van der Waals surface area (Å²) in [4.78, 5) is 25.1. The van der Waals surface area contributed by atoms with Gasteiger partial charge in [0.2, 0.25) is 0 Å². The minimum absolute atomic E-state index is 0.230. The second-order valence-corrected chi connectivity index (χ2v) is 8.14. The summed E-state index contributed by atoms with van der Waals surface area (Å²) in [5.41, 5.74) is 2.90. The van der Waals surface area contributed by atoms with Crippen molar-refractivity contribution in [3.05, 3.63) is 45.8 Å². The average molecular weight is 449 g/mol. The molecule has 6 nitrogen and oxygen atoms in total. The van der Waals surface area contributed by atoms with E-state index in [1.165, 1.54) is 5.56 Å². The van der Waals surface area contributed by atoms with Crippen molar-refractivity contribution < 1.29 is 19.1 Å². The van der Waals surface area contributed by atoms with Crippen molar-refractivity contribution in [1.29, 1.82) is 0 Å². The van der Waals surface area contributed by atoms with E-state index in [2.05, 4.69) is 36.6 Å². The van der Waals surface area contributed by atoms with Gasteiger partial charge in [-0.3, -0.25) is 0 Å². The summed E-state index contributed by atoms with van der Waals surface area (Å²) in [6.07, 6.45) is 1.07. The predicted octanol–water partition coefficient (Wildman–Crippen LogP) is 5.73. The van der Waals surface area contributed by atoms with E-state index in [1.807, 2.05) is 12.1 Å². The Kier molecular flexibility index (Phi) is 8.80. The summed E-state index contributed by atoms with van der Waals surface area (Å²) < 4.78 is 10.3. The largest absolute Gasteiger partial charge is 0.462 e. The summed E-state index contributed by atoms with van der Waals surface area (Å²) in [6, 6.07) is 8.06. The van der Waals surface area contributed by atoms with Crippen LogP contribution in [0.25, 0.3) is 0 Å². The highest BCUT2D eigenvalue weighted by molar-refractivity contribution is 7.80. The van der Waals surface area contributed by atoms with Gasteiger partial charge < -0.3 is 20.1 Å². The molecule has 0 fully saturated rings. The first-order chi connectivity index (χ1) is 14.3. The number of thiophene rings is 1. The lowest BCUT2D eigenvalue weighted by atomic mass is 9.99. The zero-order valence-electron chi connectivity index (χ0n) is 18.0. The van der Waals surface area contributed by atoms with Crippen LogP contribution in [0, 0.1) is 6.92 Å².